The fraction of sp³-hybridized carbons (Fsp3) is 0.219. The van der Waals surface area contributed by atoms with Gasteiger partial charge in [0.15, 0.2) is 5.69 Å². The zero-order valence-electron chi connectivity index (χ0n) is 55.4. The lowest BCUT2D eigenvalue weighted by atomic mass is 10.1. The molecule has 14 rings (SSSR count). The molecule has 5 aromatic carbocycles. The first-order valence-electron chi connectivity index (χ1n) is 31.5. The standard InChI is InChI=1S/C22H28N6OS.C19H16N4S.C16H15BrN4S.C16H13N5S/c1-16-11-17(2)13-18(12-16)25-22-23-4-3-20(26-22)21-24-19(15-30-21)14-28-7-5-27(6-8-28)9-10-29;1-12-9-13(2)11-14(10-12)21-19-20-8-7-16(23-19)18-22-15-5-3-4-6-17(15)24-18;2*1-10-5-11(2)7-12(6-10)20-16-18-4-3-14(21-16)15-19-13(8-17)9-22-15/h3-4,11-13,15,29H,5-10,14H2,1-2H3,(H,23,25,26);3-11H,1-2H3,(H,20,21,23);3-7,9H,8H2,1-2H3,(H,18,20,21);3-7,9H,1-2H3,(H,18,20,21). The number of nitriles is 1. The van der Waals surface area contributed by atoms with E-state index in [1.807, 2.05) is 60.0 Å². The van der Waals surface area contributed by atoms with Gasteiger partial charge < -0.3 is 26.4 Å². The third-order valence-electron chi connectivity index (χ3n) is 14.8. The number of piperazine rings is 1. The second-order valence-electron chi connectivity index (χ2n) is 23.5. The van der Waals surface area contributed by atoms with Crippen LogP contribution in [-0.4, -0.2) is 114 Å². The van der Waals surface area contributed by atoms with E-state index in [2.05, 4.69) is 229 Å². The topological polar surface area (TPSA) is 253 Å². The summed E-state index contributed by atoms with van der Waals surface area (Å²) in [6.07, 6.45) is 6.97. The second kappa shape index (κ2) is 33.5. The number of nitrogens with one attached hydrogen (secondary N) is 4. The van der Waals surface area contributed by atoms with Crippen LogP contribution in [0, 0.1) is 66.7 Å². The molecule has 0 bridgehead atoms. The summed E-state index contributed by atoms with van der Waals surface area (Å²) >= 11 is 9.66. The Morgan fingerprint density at radius 1 is 0.439 bits per heavy atom. The van der Waals surface area contributed by atoms with Gasteiger partial charge in [-0.2, -0.15) is 5.26 Å². The zero-order chi connectivity index (χ0) is 68.5. The molecule has 5 N–H and O–H groups in total. The largest absolute Gasteiger partial charge is 0.395 e. The molecule has 0 unspecified atom stereocenters. The van der Waals surface area contributed by atoms with Crippen molar-refractivity contribution in [3.63, 3.8) is 0 Å². The number of hydrogen-bond acceptors (Lipinski definition) is 24. The summed E-state index contributed by atoms with van der Waals surface area (Å²) in [4.78, 5) is 58.5. The Kier molecular flexibility index (Phi) is 23.8. The lowest BCUT2D eigenvalue weighted by molar-refractivity contribution is 0.108. The number of rotatable bonds is 17. The van der Waals surface area contributed by atoms with Crippen LogP contribution in [0.2, 0.25) is 0 Å². The maximum Gasteiger partial charge on any atom is 0.227 e. The van der Waals surface area contributed by atoms with Crippen molar-refractivity contribution in [2.75, 3.05) is 60.6 Å². The summed E-state index contributed by atoms with van der Waals surface area (Å²) in [5.41, 5.74) is 20.2. The minimum absolute atomic E-state index is 0.231. The molecule has 496 valence electrons. The van der Waals surface area contributed by atoms with Crippen LogP contribution in [0.3, 0.4) is 0 Å². The van der Waals surface area contributed by atoms with E-state index in [-0.39, 0.29) is 6.61 Å². The smallest absolute Gasteiger partial charge is 0.227 e. The lowest BCUT2D eigenvalue weighted by Crippen LogP contribution is -2.46. The quantitative estimate of drug-likeness (QED) is 0.0531. The molecule has 98 heavy (non-hydrogen) atoms. The third kappa shape index (κ3) is 20.0. The van der Waals surface area contributed by atoms with E-state index in [1.165, 1.54) is 55.8 Å². The van der Waals surface area contributed by atoms with Crippen LogP contribution in [0.4, 0.5) is 46.5 Å². The van der Waals surface area contributed by atoms with Crippen LogP contribution in [0.25, 0.3) is 53.0 Å². The maximum atomic E-state index is 9.08. The van der Waals surface area contributed by atoms with Crippen molar-refractivity contribution in [2.24, 2.45) is 0 Å². The highest BCUT2D eigenvalue weighted by atomic mass is 79.9. The van der Waals surface area contributed by atoms with E-state index in [4.69, 9.17) is 15.4 Å². The third-order valence-corrected chi connectivity index (χ3v) is 19.2. The number of benzene rings is 5. The molecular formula is C73H72BrN19OS4. The summed E-state index contributed by atoms with van der Waals surface area (Å²) < 4.78 is 1.16. The summed E-state index contributed by atoms with van der Waals surface area (Å²) in [6.45, 7) is 22.4. The van der Waals surface area contributed by atoms with E-state index < -0.39 is 0 Å². The van der Waals surface area contributed by atoms with Crippen LogP contribution >= 0.6 is 61.3 Å². The number of para-hydroxylation sites is 1. The molecule has 0 atom stereocenters. The number of fused-ring (bicyclic) bond motifs is 1. The SMILES string of the molecule is Cc1cc(C)cc(Nc2nccc(-c3nc(C#N)cs3)n2)c1.Cc1cc(C)cc(Nc2nccc(-c3nc(CBr)cs3)n2)c1.Cc1cc(C)cc(Nc2nccc(-c3nc(CN4CCN(CCO)CC4)cs3)n2)c1.Cc1cc(C)cc(Nc2nccc(-c3nc4ccccc4s3)n2)c1. The lowest BCUT2D eigenvalue weighted by Gasteiger charge is -2.33. The van der Waals surface area contributed by atoms with Crippen LogP contribution in [0.15, 0.2) is 162 Å². The van der Waals surface area contributed by atoms with Gasteiger partial charge in [-0.25, -0.2) is 59.8 Å². The minimum Gasteiger partial charge on any atom is -0.395 e. The van der Waals surface area contributed by atoms with E-state index >= 15 is 0 Å². The van der Waals surface area contributed by atoms with Gasteiger partial charge in [0.2, 0.25) is 23.8 Å². The number of aliphatic hydroxyl groups excluding tert-OH is 1. The predicted molar refractivity (Wildman–Crippen MR) is 403 cm³/mol. The molecule has 9 heterocycles. The second-order valence-corrected chi connectivity index (χ2v) is 27.6. The van der Waals surface area contributed by atoms with Gasteiger partial charge in [-0.3, -0.25) is 9.80 Å². The van der Waals surface area contributed by atoms with Crippen molar-refractivity contribution < 1.29 is 5.11 Å². The van der Waals surface area contributed by atoms with Crippen LogP contribution in [0.5, 0.6) is 0 Å². The van der Waals surface area contributed by atoms with Gasteiger partial charge in [0, 0.05) is 108 Å². The Labute approximate surface area is 594 Å². The first kappa shape index (κ1) is 69.6. The molecule has 0 radical (unpaired) electrons. The van der Waals surface area contributed by atoms with Crippen LogP contribution < -0.4 is 21.3 Å². The number of aliphatic hydroxyl groups is 1. The van der Waals surface area contributed by atoms with Crippen LogP contribution in [0.1, 0.15) is 61.6 Å². The van der Waals surface area contributed by atoms with E-state index in [9.17, 15) is 0 Å². The maximum absolute atomic E-state index is 9.08. The Morgan fingerprint density at radius 2 is 0.806 bits per heavy atom. The molecule has 0 saturated carbocycles. The molecule has 1 aliphatic rings. The zero-order valence-corrected chi connectivity index (χ0v) is 60.3. The Hall–Kier alpha value is -9.75. The Morgan fingerprint density at radius 3 is 1.18 bits per heavy atom. The summed E-state index contributed by atoms with van der Waals surface area (Å²) in [6, 6.07) is 42.7. The number of halogens is 1. The van der Waals surface area contributed by atoms with Gasteiger partial charge in [0.05, 0.1) is 28.2 Å². The molecule has 1 fully saturated rings. The van der Waals surface area contributed by atoms with Gasteiger partial charge >= 0.3 is 0 Å². The Bertz CT molecular complexity index is 4770. The highest BCUT2D eigenvalue weighted by molar-refractivity contribution is 9.08. The van der Waals surface area contributed by atoms with Gasteiger partial charge in [-0.15, -0.1) is 45.3 Å². The molecule has 13 aromatic rings. The average molecular weight is 1440 g/mol. The molecule has 25 heteroatoms. The summed E-state index contributed by atoms with van der Waals surface area (Å²) in [5, 5.41) is 41.0. The molecule has 0 aliphatic carbocycles. The fourth-order valence-corrected chi connectivity index (χ4v) is 14.5. The van der Waals surface area contributed by atoms with Crippen molar-refractivity contribution in [1.82, 2.24) is 69.6 Å². The van der Waals surface area contributed by atoms with Crippen molar-refractivity contribution >= 4 is 118 Å². The first-order chi connectivity index (χ1) is 47.5. The molecule has 1 aliphatic heterocycles. The highest BCUT2D eigenvalue weighted by Crippen LogP contribution is 2.32. The van der Waals surface area contributed by atoms with Crippen molar-refractivity contribution in [1.29, 1.82) is 5.26 Å². The van der Waals surface area contributed by atoms with Gasteiger partial charge in [-0.05, 0) is 185 Å². The number of β-amino-alcohol motifs (C(OH)–C–C–N with tert-alkyl or cyclic N) is 1. The van der Waals surface area contributed by atoms with Crippen molar-refractivity contribution in [2.45, 2.75) is 67.3 Å². The monoisotopic (exact) mass is 1440 g/mol. The molecular weight excluding hydrogens is 1370 g/mol. The summed E-state index contributed by atoms with van der Waals surface area (Å²) in [7, 11) is 0. The van der Waals surface area contributed by atoms with Crippen molar-refractivity contribution in [3.8, 4) is 48.9 Å². The number of hydrogen-bond donors (Lipinski definition) is 5. The van der Waals surface area contributed by atoms with E-state index in [1.54, 1.807) is 70.2 Å². The number of thiazole rings is 4. The number of nitrogens with zero attached hydrogens (tertiary/aromatic N) is 15. The van der Waals surface area contributed by atoms with E-state index in [0.717, 1.165) is 121 Å². The number of alkyl halides is 1. The number of aryl methyl sites for hydroxylation is 8. The average Bonchev–Trinajstić information content (AvgIpc) is 1.74. The van der Waals surface area contributed by atoms with E-state index in [0.29, 0.717) is 40.2 Å². The molecule has 1 saturated heterocycles. The highest BCUT2D eigenvalue weighted by Gasteiger charge is 2.19. The van der Waals surface area contributed by atoms with Crippen molar-refractivity contribution in [3.05, 3.63) is 224 Å². The first-order valence-corrected chi connectivity index (χ1v) is 36.1. The molecule has 20 nitrogen and oxygen atoms in total. The molecule has 8 aromatic heterocycles. The van der Waals surface area contributed by atoms with Gasteiger partial charge in [0.1, 0.15) is 48.9 Å². The fourth-order valence-electron chi connectivity index (χ4n) is 10.8. The molecule has 0 spiro atoms. The van der Waals surface area contributed by atoms with Gasteiger partial charge in [0.25, 0.3) is 0 Å². The van der Waals surface area contributed by atoms with Crippen LogP contribution in [-0.2, 0) is 11.9 Å². The molecule has 0 amide bonds. The minimum atomic E-state index is 0.231. The number of aromatic nitrogens is 12. The predicted octanol–water partition coefficient (Wildman–Crippen LogP) is 16.9. The Balaban J connectivity index is 0.000000133. The summed E-state index contributed by atoms with van der Waals surface area (Å²) in [5.74, 6) is 2.25. The number of anilines is 8. The normalized spacial score (nSPS) is 12.1. The van der Waals surface area contributed by atoms with Gasteiger partial charge in [-0.1, -0.05) is 52.3 Å².